The normalized spacial score (nSPS) is 12.3. The van der Waals surface area contributed by atoms with E-state index < -0.39 is 15.9 Å². The highest BCUT2D eigenvalue weighted by atomic mass is 35.5. The van der Waals surface area contributed by atoms with Gasteiger partial charge in [-0.15, -0.1) is 12.4 Å². The van der Waals surface area contributed by atoms with Gasteiger partial charge in [0.05, 0.1) is 5.75 Å². The highest BCUT2D eigenvalue weighted by molar-refractivity contribution is 7.91. The number of nitrogens with two attached hydrogens (primary N) is 1. The Bertz CT molecular complexity index is 529. The molecule has 1 rings (SSSR count). The van der Waals surface area contributed by atoms with Crippen LogP contribution in [0.25, 0.3) is 0 Å². The molecular weight excluding hydrogens is 300 g/mol. The lowest BCUT2D eigenvalue weighted by atomic mass is 10.1. The van der Waals surface area contributed by atoms with E-state index in [-0.39, 0.29) is 29.8 Å². The van der Waals surface area contributed by atoms with E-state index in [4.69, 9.17) is 5.73 Å². The molecule has 0 saturated carbocycles. The van der Waals surface area contributed by atoms with E-state index in [0.717, 1.165) is 5.56 Å². The lowest BCUT2D eigenvalue weighted by Gasteiger charge is -2.13. The van der Waals surface area contributed by atoms with Gasteiger partial charge in [-0.3, -0.25) is 4.79 Å². The minimum absolute atomic E-state index is 0. The third-order valence-corrected chi connectivity index (χ3v) is 4.66. The van der Waals surface area contributed by atoms with E-state index in [1.54, 1.807) is 38.1 Å². The quantitative estimate of drug-likeness (QED) is 0.822. The standard InChI is InChI=1S/C13H20N2O3S.ClH/c1-3-19(17,18)9-10(2)15-13(16)12-6-4-11(8-14)5-7-12;/h4-7,10H,3,8-9,14H2,1-2H3,(H,15,16);1H. The molecule has 0 radical (unpaired) electrons. The van der Waals surface area contributed by atoms with Crippen LogP contribution in [0.1, 0.15) is 29.8 Å². The monoisotopic (exact) mass is 320 g/mol. The zero-order chi connectivity index (χ0) is 14.5. The number of amides is 1. The smallest absolute Gasteiger partial charge is 0.251 e. The molecule has 1 atom stereocenters. The third-order valence-electron chi connectivity index (χ3n) is 2.77. The van der Waals surface area contributed by atoms with Crippen molar-refractivity contribution in [3.63, 3.8) is 0 Å². The van der Waals surface area contributed by atoms with Crippen LogP contribution in [0.15, 0.2) is 24.3 Å². The Morgan fingerprint density at radius 3 is 2.30 bits per heavy atom. The van der Waals surface area contributed by atoms with Gasteiger partial charge in [-0.25, -0.2) is 8.42 Å². The van der Waals surface area contributed by atoms with Gasteiger partial charge in [0, 0.05) is 23.9 Å². The SMILES string of the molecule is CCS(=O)(=O)CC(C)NC(=O)c1ccc(CN)cc1.Cl. The van der Waals surface area contributed by atoms with Gasteiger partial charge in [-0.1, -0.05) is 19.1 Å². The molecule has 20 heavy (non-hydrogen) atoms. The summed E-state index contributed by atoms with van der Waals surface area (Å²) < 4.78 is 22.9. The fourth-order valence-electron chi connectivity index (χ4n) is 1.64. The van der Waals surface area contributed by atoms with Crippen LogP contribution >= 0.6 is 12.4 Å². The predicted octanol–water partition coefficient (Wildman–Crippen LogP) is 1.12. The molecule has 114 valence electrons. The minimum atomic E-state index is -3.09. The molecule has 7 heteroatoms. The highest BCUT2D eigenvalue weighted by Crippen LogP contribution is 2.04. The Balaban J connectivity index is 0.00000361. The lowest BCUT2D eigenvalue weighted by Crippen LogP contribution is -2.37. The van der Waals surface area contributed by atoms with Gasteiger partial charge in [-0.2, -0.15) is 0 Å². The van der Waals surface area contributed by atoms with Crippen LogP contribution in [0.2, 0.25) is 0 Å². The zero-order valence-electron chi connectivity index (χ0n) is 11.6. The van der Waals surface area contributed by atoms with Crippen molar-refractivity contribution in [2.24, 2.45) is 5.73 Å². The summed E-state index contributed by atoms with van der Waals surface area (Å²) in [6.45, 7) is 3.70. The van der Waals surface area contributed by atoms with Gasteiger partial charge in [-0.05, 0) is 24.6 Å². The molecule has 0 aromatic heterocycles. The fourth-order valence-corrected chi connectivity index (χ4v) is 2.72. The second-order valence-corrected chi connectivity index (χ2v) is 6.87. The van der Waals surface area contributed by atoms with Crippen LogP contribution in [0, 0.1) is 0 Å². The molecular formula is C13H21ClN2O3S. The Kier molecular flexibility index (Phi) is 7.78. The molecule has 0 spiro atoms. The van der Waals surface area contributed by atoms with Crippen molar-refractivity contribution < 1.29 is 13.2 Å². The molecule has 1 unspecified atom stereocenters. The largest absolute Gasteiger partial charge is 0.349 e. The van der Waals surface area contributed by atoms with Crippen molar-refractivity contribution in [2.75, 3.05) is 11.5 Å². The molecule has 0 bridgehead atoms. The van der Waals surface area contributed by atoms with Crippen molar-refractivity contribution in [1.29, 1.82) is 0 Å². The maximum absolute atomic E-state index is 11.9. The first-order valence-corrected chi connectivity index (χ1v) is 8.00. The van der Waals surface area contributed by atoms with Crippen molar-refractivity contribution >= 4 is 28.2 Å². The first kappa shape index (κ1) is 18.9. The molecule has 0 saturated heterocycles. The molecule has 0 fully saturated rings. The fraction of sp³-hybridized carbons (Fsp3) is 0.462. The van der Waals surface area contributed by atoms with Gasteiger partial charge in [0.25, 0.3) is 5.91 Å². The van der Waals surface area contributed by atoms with Gasteiger partial charge >= 0.3 is 0 Å². The molecule has 1 amide bonds. The summed E-state index contributed by atoms with van der Waals surface area (Å²) in [4.78, 5) is 11.9. The van der Waals surface area contributed by atoms with Gasteiger partial charge in [0.2, 0.25) is 0 Å². The van der Waals surface area contributed by atoms with E-state index in [9.17, 15) is 13.2 Å². The number of benzene rings is 1. The number of halogens is 1. The van der Waals surface area contributed by atoms with Crippen LogP contribution in [0.3, 0.4) is 0 Å². The van der Waals surface area contributed by atoms with Gasteiger partial charge in [0.15, 0.2) is 9.84 Å². The molecule has 0 aliphatic carbocycles. The average molecular weight is 321 g/mol. The summed E-state index contributed by atoms with van der Waals surface area (Å²) in [5, 5.41) is 2.67. The number of hydrogen-bond donors (Lipinski definition) is 2. The van der Waals surface area contributed by atoms with Crippen LogP contribution < -0.4 is 11.1 Å². The first-order valence-electron chi connectivity index (χ1n) is 6.18. The second-order valence-electron chi connectivity index (χ2n) is 4.47. The molecule has 0 heterocycles. The van der Waals surface area contributed by atoms with Crippen LogP contribution in [-0.2, 0) is 16.4 Å². The van der Waals surface area contributed by atoms with Crippen molar-refractivity contribution in [2.45, 2.75) is 26.4 Å². The Morgan fingerprint density at radius 2 is 1.85 bits per heavy atom. The molecule has 1 aromatic carbocycles. The number of hydrogen-bond acceptors (Lipinski definition) is 4. The second kappa shape index (κ2) is 8.24. The van der Waals surface area contributed by atoms with E-state index in [1.807, 2.05) is 0 Å². The summed E-state index contributed by atoms with van der Waals surface area (Å²) in [6.07, 6.45) is 0. The molecule has 0 aliphatic rings. The van der Waals surface area contributed by atoms with E-state index in [0.29, 0.717) is 12.1 Å². The third kappa shape index (κ3) is 5.90. The summed E-state index contributed by atoms with van der Waals surface area (Å²) >= 11 is 0. The number of nitrogens with one attached hydrogen (secondary N) is 1. The number of carbonyl (C=O) groups excluding carboxylic acids is 1. The Labute approximate surface area is 126 Å². The van der Waals surface area contributed by atoms with Crippen molar-refractivity contribution in [1.82, 2.24) is 5.32 Å². The zero-order valence-corrected chi connectivity index (χ0v) is 13.3. The number of rotatable bonds is 6. The first-order chi connectivity index (χ1) is 8.88. The lowest BCUT2D eigenvalue weighted by molar-refractivity contribution is 0.0943. The van der Waals surface area contributed by atoms with Gasteiger partial charge in [0.1, 0.15) is 0 Å². The van der Waals surface area contributed by atoms with E-state index >= 15 is 0 Å². The summed E-state index contributed by atoms with van der Waals surface area (Å²) in [5.74, 6) is -0.239. The van der Waals surface area contributed by atoms with E-state index in [2.05, 4.69) is 5.32 Å². The van der Waals surface area contributed by atoms with Crippen molar-refractivity contribution in [3.8, 4) is 0 Å². The maximum Gasteiger partial charge on any atom is 0.251 e. The summed E-state index contributed by atoms with van der Waals surface area (Å²) in [6, 6.07) is 6.51. The maximum atomic E-state index is 11.9. The molecule has 0 aliphatic heterocycles. The van der Waals surface area contributed by atoms with Gasteiger partial charge < -0.3 is 11.1 Å². The minimum Gasteiger partial charge on any atom is -0.349 e. The molecule has 3 N–H and O–H groups in total. The predicted molar refractivity (Wildman–Crippen MR) is 82.8 cm³/mol. The van der Waals surface area contributed by atoms with Crippen LogP contribution in [0.4, 0.5) is 0 Å². The summed E-state index contributed by atoms with van der Waals surface area (Å²) in [7, 11) is -3.09. The molecule has 1 aromatic rings. The number of carbonyl (C=O) groups is 1. The Hall–Kier alpha value is -1.11. The topological polar surface area (TPSA) is 89.3 Å². The van der Waals surface area contributed by atoms with Crippen LogP contribution in [0.5, 0.6) is 0 Å². The average Bonchev–Trinajstić information content (AvgIpc) is 2.38. The van der Waals surface area contributed by atoms with Crippen LogP contribution in [-0.4, -0.2) is 31.9 Å². The molecule has 5 nitrogen and oxygen atoms in total. The van der Waals surface area contributed by atoms with Crippen molar-refractivity contribution in [3.05, 3.63) is 35.4 Å². The number of sulfone groups is 1. The Morgan fingerprint density at radius 1 is 1.30 bits per heavy atom. The highest BCUT2D eigenvalue weighted by Gasteiger charge is 2.16. The summed E-state index contributed by atoms with van der Waals surface area (Å²) in [5.41, 5.74) is 6.92. The van der Waals surface area contributed by atoms with E-state index in [1.165, 1.54) is 0 Å².